The zero-order valence-electron chi connectivity index (χ0n) is 9.61. The van der Waals surface area contributed by atoms with Crippen molar-refractivity contribution in [3.8, 4) is 0 Å². The van der Waals surface area contributed by atoms with Gasteiger partial charge in [0.1, 0.15) is 0 Å². The standard InChI is InChI=1S/C10H21N3O2S/c14-16(15,13-8-1-2-9-13)12-7-5-10-4-3-6-11-10/h10-12H,1-9H2/t10-/m1/s1. The van der Waals surface area contributed by atoms with Crippen LogP contribution in [0, 0.1) is 0 Å². The summed E-state index contributed by atoms with van der Waals surface area (Å²) in [4.78, 5) is 0. The molecule has 0 radical (unpaired) electrons. The molecule has 0 saturated carbocycles. The highest BCUT2D eigenvalue weighted by atomic mass is 32.2. The monoisotopic (exact) mass is 247 g/mol. The van der Waals surface area contributed by atoms with Gasteiger partial charge in [0.05, 0.1) is 0 Å². The Kier molecular flexibility index (Phi) is 4.18. The number of rotatable bonds is 5. The Bertz CT molecular complexity index is 306. The van der Waals surface area contributed by atoms with Gasteiger partial charge in [-0.3, -0.25) is 0 Å². The van der Waals surface area contributed by atoms with Crippen LogP contribution < -0.4 is 10.0 Å². The van der Waals surface area contributed by atoms with Crippen LogP contribution in [0.2, 0.25) is 0 Å². The SMILES string of the molecule is O=S(=O)(NCC[C@H]1CCCN1)N1CCCC1. The molecule has 0 amide bonds. The molecule has 2 fully saturated rings. The average molecular weight is 247 g/mol. The summed E-state index contributed by atoms with van der Waals surface area (Å²) in [5.41, 5.74) is 0. The van der Waals surface area contributed by atoms with Crippen LogP contribution in [0.5, 0.6) is 0 Å². The van der Waals surface area contributed by atoms with Gasteiger partial charge in [-0.05, 0) is 38.6 Å². The summed E-state index contributed by atoms with van der Waals surface area (Å²) in [5.74, 6) is 0. The minimum absolute atomic E-state index is 0.501. The lowest BCUT2D eigenvalue weighted by Gasteiger charge is -2.17. The van der Waals surface area contributed by atoms with Gasteiger partial charge in [-0.2, -0.15) is 12.7 Å². The van der Waals surface area contributed by atoms with Crippen molar-refractivity contribution in [3.05, 3.63) is 0 Å². The van der Waals surface area contributed by atoms with Crippen molar-refractivity contribution in [1.82, 2.24) is 14.3 Å². The molecule has 5 nitrogen and oxygen atoms in total. The Labute approximate surface area is 97.8 Å². The zero-order chi connectivity index (χ0) is 11.4. The van der Waals surface area contributed by atoms with Gasteiger partial charge in [0, 0.05) is 25.7 Å². The Morgan fingerprint density at radius 1 is 1.25 bits per heavy atom. The van der Waals surface area contributed by atoms with E-state index in [4.69, 9.17) is 0 Å². The second kappa shape index (κ2) is 5.44. The Morgan fingerprint density at radius 3 is 2.62 bits per heavy atom. The van der Waals surface area contributed by atoms with E-state index in [-0.39, 0.29) is 0 Å². The second-order valence-electron chi connectivity index (χ2n) is 4.59. The molecular formula is C10H21N3O2S. The first-order valence-electron chi connectivity index (χ1n) is 6.16. The zero-order valence-corrected chi connectivity index (χ0v) is 10.4. The molecule has 1 atom stereocenters. The Morgan fingerprint density at radius 2 is 2.00 bits per heavy atom. The quantitative estimate of drug-likeness (QED) is 0.722. The molecule has 2 aliphatic rings. The topological polar surface area (TPSA) is 61.4 Å². The molecule has 2 saturated heterocycles. The molecule has 2 rings (SSSR count). The van der Waals surface area contributed by atoms with Crippen LogP contribution in [0.1, 0.15) is 32.1 Å². The Hall–Kier alpha value is -0.170. The van der Waals surface area contributed by atoms with E-state index in [1.165, 1.54) is 12.8 Å². The van der Waals surface area contributed by atoms with Crippen LogP contribution in [-0.2, 0) is 10.2 Å². The fourth-order valence-electron chi connectivity index (χ4n) is 2.39. The average Bonchev–Trinajstić information content (AvgIpc) is 2.90. The van der Waals surface area contributed by atoms with Crippen molar-refractivity contribution in [2.75, 3.05) is 26.2 Å². The predicted octanol–water partition coefficient (Wildman–Crippen LogP) is 0.0587. The third-order valence-electron chi connectivity index (χ3n) is 3.34. The molecule has 0 aromatic rings. The van der Waals surface area contributed by atoms with Crippen molar-refractivity contribution >= 4 is 10.2 Å². The van der Waals surface area contributed by atoms with Crippen LogP contribution in [0.4, 0.5) is 0 Å². The van der Waals surface area contributed by atoms with E-state index in [1.54, 1.807) is 4.31 Å². The van der Waals surface area contributed by atoms with Crippen LogP contribution in [0.15, 0.2) is 0 Å². The lowest BCUT2D eigenvalue weighted by Crippen LogP contribution is -2.40. The third-order valence-corrected chi connectivity index (χ3v) is 4.96. The maximum absolute atomic E-state index is 11.8. The minimum Gasteiger partial charge on any atom is -0.314 e. The summed E-state index contributed by atoms with van der Waals surface area (Å²) >= 11 is 0. The summed E-state index contributed by atoms with van der Waals surface area (Å²) < 4.78 is 27.8. The van der Waals surface area contributed by atoms with E-state index in [0.717, 1.165) is 25.8 Å². The van der Waals surface area contributed by atoms with Gasteiger partial charge in [0.25, 0.3) is 10.2 Å². The van der Waals surface area contributed by atoms with E-state index in [9.17, 15) is 8.42 Å². The number of nitrogens with zero attached hydrogens (tertiary/aromatic N) is 1. The largest absolute Gasteiger partial charge is 0.314 e. The maximum atomic E-state index is 11.8. The van der Waals surface area contributed by atoms with Gasteiger partial charge < -0.3 is 5.32 Å². The highest BCUT2D eigenvalue weighted by molar-refractivity contribution is 7.87. The van der Waals surface area contributed by atoms with Crippen molar-refractivity contribution in [2.45, 2.75) is 38.1 Å². The lowest BCUT2D eigenvalue weighted by molar-refractivity contribution is 0.459. The molecule has 0 aliphatic carbocycles. The molecule has 2 N–H and O–H groups in total. The summed E-state index contributed by atoms with van der Waals surface area (Å²) in [6.07, 6.45) is 5.26. The second-order valence-corrected chi connectivity index (χ2v) is 6.34. The normalized spacial score (nSPS) is 27.6. The molecule has 94 valence electrons. The number of hydrogen-bond acceptors (Lipinski definition) is 3. The highest BCUT2D eigenvalue weighted by Gasteiger charge is 2.24. The molecule has 0 aromatic carbocycles. The molecule has 0 aromatic heterocycles. The van der Waals surface area contributed by atoms with Gasteiger partial charge in [0.15, 0.2) is 0 Å². The van der Waals surface area contributed by atoms with Gasteiger partial charge in [-0.1, -0.05) is 0 Å². The number of hydrogen-bond donors (Lipinski definition) is 2. The molecule has 2 aliphatic heterocycles. The molecule has 0 unspecified atom stereocenters. The molecule has 2 heterocycles. The first-order valence-corrected chi connectivity index (χ1v) is 7.60. The van der Waals surface area contributed by atoms with Gasteiger partial charge in [-0.25, -0.2) is 4.72 Å². The van der Waals surface area contributed by atoms with Gasteiger partial charge in [0.2, 0.25) is 0 Å². The van der Waals surface area contributed by atoms with Crippen LogP contribution in [0.3, 0.4) is 0 Å². The van der Waals surface area contributed by atoms with Crippen LogP contribution in [-0.4, -0.2) is 44.9 Å². The molecule has 0 spiro atoms. The fraction of sp³-hybridized carbons (Fsp3) is 1.00. The fourth-order valence-corrected chi connectivity index (χ4v) is 3.68. The van der Waals surface area contributed by atoms with E-state index in [2.05, 4.69) is 10.0 Å². The molecule has 0 bridgehead atoms. The van der Waals surface area contributed by atoms with Crippen molar-refractivity contribution in [1.29, 1.82) is 0 Å². The highest BCUT2D eigenvalue weighted by Crippen LogP contribution is 2.12. The smallest absolute Gasteiger partial charge is 0.279 e. The summed E-state index contributed by atoms with van der Waals surface area (Å²) in [6, 6.07) is 0.501. The van der Waals surface area contributed by atoms with E-state index >= 15 is 0 Å². The molecule has 16 heavy (non-hydrogen) atoms. The van der Waals surface area contributed by atoms with Gasteiger partial charge >= 0.3 is 0 Å². The van der Waals surface area contributed by atoms with Gasteiger partial charge in [-0.15, -0.1) is 0 Å². The predicted molar refractivity (Wildman–Crippen MR) is 63.4 cm³/mol. The van der Waals surface area contributed by atoms with E-state index in [1.807, 2.05) is 0 Å². The molecule has 6 heteroatoms. The maximum Gasteiger partial charge on any atom is 0.279 e. The Balaban J connectivity index is 1.71. The van der Waals surface area contributed by atoms with E-state index < -0.39 is 10.2 Å². The third kappa shape index (κ3) is 3.16. The van der Waals surface area contributed by atoms with Crippen molar-refractivity contribution in [3.63, 3.8) is 0 Å². The van der Waals surface area contributed by atoms with Crippen molar-refractivity contribution in [2.24, 2.45) is 0 Å². The lowest BCUT2D eigenvalue weighted by atomic mass is 10.2. The summed E-state index contributed by atoms with van der Waals surface area (Å²) in [5, 5.41) is 3.36. The van der Waals surface area contributed by atoms with Crippen LogP contribution >= 0.6 is 0 Å². The number of nitrogens with one attached hydrogen (secondary N) is 2. The minimum atomic E-state index is -3.20. The first kappa shape index (κ1) is 12.3. The molecular weight excluding hydrogens is 226 g/mol. The van der Waals surface area contributed by atoms with Crippen molar-refractivity contribution < 1.29 is 8.42 Å². The summed E-state index contributed by atoms with van der Waals surface area (Å²) in [7, 11) is -3.20. The van der Waals surface area contributed by atoms with E-state index in [0.29, 0.717) is 25.7 Å². The van der Waals surface area contributed by atoms with Crippen LogP contribution in [0.25, 0.3) is 0 Å². The summed E-state index contributed by atoms with van der Waals surface area (Å²) in [6.45, 7) is 2.98. The first-order chi connectivity index (χ1) is 7.68.